The van der Waals surface area contributed by atoms with E-state index in [0.717, 1.165) is 16.8 Å². The zero-order chi connectivity index (χ0) is 15.4. The summed E-state index contributed by atoms with van der Waals surface area (Å²) in [6.45, 7) is 1.92. The molecule has 0 unspecified atom stereocenters. The molecule has 22 heavy (non-hydrogen) atoms. The second-order valence-electron chi connectivity index (χ2n) is 5.02. The van der Waals surface area contributed by atoms with Crippen molar-refractivity contribution in [1.82, 2.24) is 9.66 Å². The van der Waals surface area contributed by atoms with Gasteiger partial charge in [0.05, 0.1) is 16.3 Å². The van der Waals surface area contributed by atoms with E-state index in [-0.39, 0.29) is 11.2 Å². The number of hydrogen-bond acceptors (Lipinski definition) is 3. The highest BCUT2D eigenvalue weighted by atomic mass is 32.2. The van der Waals surface area contributed by atoms with Crippen molar-refractivity contribution in [3.05, 3.63) is 66.5 Å². The molecule has 1 heterocycles. The predicted octanol–water partition coefficient (Wildman–Crippen LogP) is 3.43. The molecule has 5 heteroatoms. The molecule has 4 nitrogen and oxygen atoms in total. The molecular weight excluding hydrogens is 294 g/mol. The van der Waals surface area contributed by atoms with E-state index in [1.54, 1.807) is 22.8 Å². The number of nitrogens with zero attached hydrogens (tertiary/aromatic N) is 2. The second-order valence-corrected chi connectivity index (χ2v) is 6.35. The molecule has 0 saturated heterocycles. The summed E-state index contributed by atoms with van der Waals surface area (Å²) in [6, 6.07) is 17.9. The maximum absolute atomic E-state index is 12.3. The Morgan fingerprint density at radius 2 is 1.91 bits per heavy atom. The fourth-order valence-electron chi connectivity index (χ4n) is 2.13. The number of rotatable bonds is 5. The lowest BCUT2D eigenvalue weighted by atomic mass is 10.2. The first-order valence-corrected chi connectivity index (χ1v) is 8.17. The van der Waals surface area contributed by atoms with Crippen LogP contribution in [0.25, 0.3) is 11.0 Å². The highest BCUT2D eigenvalue weighted by molar-refractivity contribution is 7.99. The van der Waals surface area contributed by atoms with Gasteiger partial charge in [0.1, 0.15) is 6.33 Å². The maximum Gasteiger partial charge on any atom is 0.251 e. The minimum Gasteiger partial charge on any atom is -0.272 e. The van der Waals surface area contributed by atoms with Crippen LogP contribution >= 0.6 is 11.8 Å². The van der Waals surface area contributed by atoms with Crippen LogP contribution in [0.1, 0.15) is 12.5 Å². The van der Waals surface area contributed by atoms with Crippen molar-refractivity contribution in [3.63, 3.8) is 0 Å². The van der Waals surface area contributed by atoms with Crippen LogP contribution in [-0.2, 0) is 10.5 Å². The molecule has 1 aromatic heterocycles. The molecule has 0 aliphatic carbocycles. The summed E-state index contributed by atoms with van der Waals surface area (Å²) in [5.74, 6) is 0.796. The van der Waals surface area contributed by atoms with E-state index in [1.165, 1.54) is 5.56 Å². The Morgan fingerprint density at radius 1 is 1.18 bits per heavy atom. The maximum atomic E-state index is 12.3. The van der Waals surface area contributed by atoms with Gasteiger partial charge in [0.25, 0.3) is 5.91 Å². The molecule has 112 valence electrons. The number of fused-ring (bicyclic) bond motifs is 1. The van der Waals surface area contributed by atoms with Crippen LogP contribution in [-0.4, -0.2) is 20.8 Å². The van der Waals surface area contributed by atoms with Gasteiger partial charge in [-0.2, -0.15) is 0 Å². The van der Waals surface area contributed by atoms with Gasteiger partial charge in [0.2, 0.25) is 0 Å². The predicted molar refractivity (Wildman–Crippen MR) is 91.3 cm³/mol. The molecule has 3 aromatic rings. The lowest BCUT2D eigenvalue weighted by molar-refractivity contribution is -0.116. The first-order valence-electron chi connectivity index (χ1n) is 7.12. The largest absolute Gasteiger partial charge is 0.272 e. The van der Waals surface area contributed by atoms with E-state index < -0.39 is 0 Å². The van der Waals surface area contributed by atoms with E-state index in [4.69, 9.17) is 0 Å². The van der Waals surface area contributed by atoms with E-state index >= 15 is 0 Å². The summed E-state index contributed by atoms with van der Waals surface area (Å²) in [6.07, 6.45) is 1.64. The molecule has 3 rings (SSSR count). The molecular formula is C17H17N3OS. The van der Waals surface area contributed by atoms with Crippen molar-refractivity contribution in [2.75, 3.05) is 5.43 Å². The molecule has 1 N–H and O–H groups in total. The van der Waals surface area contributed by atoms with Gasteiger partial charge in [0, 0.05) is 5.75 Å². The second kappa shape index (κ2) is 6.66. The number of nitrogens with one attached hydrogen (secondary N) is 1. The van der Waals surface area contributed by atoms with Crippen LogP contribution < -0.4 is 5.43 Å². The topological polar surface area (TPSA) is 46.9 Å². The number of amides is 1. The first-order chi connectivity index (χ1) is 10.7. The van der Waals surface area contributed by atoms with E-state index in [0.29, 0.717) is 0 Å². The fraction of sp³-hybridized carbons (Fsp3) is 0.176. The third-order valence-corrected chi connectivity index (χ3v) is 4.61. The summed E-state index contributed by atoms with van der Waals surface area (Å²) in [5.41, 5.74) is 5.88. The van der Waals surface area contributed by atoms with Crippen molar-refractivity contribution in [2.24, 2.45) is 0 Å². The lowest BCUT2D eigenvalue weighted by Crippen LogP contribution is -2.29. The molecule has 1 atom stereocenters. The quantitative estimate of drug-likeness (QED) is 0.785. The van der Waals surface area contributed by atoms with Crippen molar-refractivity contribution in [1.29, 1.82) is 0 Å². The molecule has 0 spiro atoms. The van der Waals surface area contributed by atoms with Gasteiger partial charge >= 0.3 is 0 Å². The molecule has 0 aliphatic heterocycles. The number of aromatic nitrogens is 2. The SMILES string of the molecule is C[C@H](SCc1ccccc1)C(=O)Nn1cnc2ccccc21. The van der Waals surface area contributed by atoms with Gasteiger partial charge in [-0.05, 0) is 24.6 Å². The molecule has 0 saturated carbocycles. The van der Waals surface area contributed by atoms with Gasteiger partial charge in [-0.3, -0.25) is 10.2 Å². The van der Waals surface area contributed by atoms with Crippen LogP contribution in [0.5, 0.6) is 0 Å². The fourth-order valence-corrected chi connectivity index (χ4v) is 2.97. The third-order valence-electron chi connectivity index (χ3n) is 3.40. The van der Waals surface area contributed by atoms with Gasteiger partial charge < -0.3 is 0 Å². The molecule has 0 aliphatic rings. The summed E-state index contributed by atoms with van der Waals surface area (Å²) in [7, 11) is 0. The first kappa shape index (κ1) is 14.7. The Balaban J connectivity index is 1.61. The van der Waals surface area contributed by atoms with Crippen LogP contribution in [0.4, 0.5) is 0 Å². The van der Waals surface area contributed by atoms with Crippen molar-refractivity contribution in [2.45, 2.75) is 17.9 Å². The Kier molecular flexibility index (Phi) is 4.44. The smallest absolute Gasteiger partial charge is 0.251 e. The van der Waals surface area contributed by atoms with Gasteiger partial charge in [-0.25, -0.2) is 9.66 Å². The number of para-hydroxylation sites is 2. The van der Waals surface area contributed by atoms with Crippen LogP contribution in [0.3, 0.4) is 0 Å². The van der Waals surface area contributed by atoms with Crippen LogP contribution in [0.2, 0.25) is 0 Å². The van der Waals surface area contributed by atoms with Crippen molar-refractivity contribution < 1.29 is 4.79 Å². The van der Waals surface area contributed by atoms with Crippen molar-refractivity contribution >= 4 is 28.7 Å². The Hall–Kier alpha value is -2.27. The average Bonchev–Trinajstić information content (AvgIpc) is 2.97. The summed E-state index contributed by atoms with van der Waals surface area (Å²) >= 11 is 1.62. The number of imidazole rings is 1. The number of benzene rings is 2. The number of hydrogen-bond donors (Lipinski definition) is 1. The molecule has 1 amide bonds. The molecule has 0 fully saturated rings. The third kappa shape index (κ3) is 3.31. The summed E-state index contributed by atoms with van der Waals surface area (Å²) < 4.78 is 1.68. The Labute approximate surface area is 133 Å². The number of carbonyl (C=O) groups excluding carboxylic acids is 1. The average molecular weight is 311 g/mol. The van der Waals surface area contributed by atoms with Crippen LogP contribution in [0.15, 0.2) is 60.9 Å². The molecule has 0 bridgehead atoms. The van der Waals surface area contributed by atoms with Gasteiger partial charge in [-0.15, -0.1) is 11.8 Å². The number of carbonyl (C=O) groups is 1. The summed E-state index contributed by atoms with van der Waals surface area (Å²) in [4.78, 5) is 16.6. The van der Waals surface area contributed by atoms with Gasteiger partial charge in [0.15, 0.2) is 0 Å². The zero-order valence-corrected chi connectivity index (χ0v) is 13.1. The number of thioether (sulfide) groups is 1. The van der Waals surface area contributed by atoms with E-state index in [9.17, 15) is 4.79 Å². The normalized spacial score (nSPS) is 12.2. The highest BCUT2D eigenvalue weighted by Gasteiger charge is 2.14. The summed E-state index contributed by atoms with van der Waals surface area (Å²) in [5, 5.41) is -0.138. The Morgan fingerprint density at radius 3 is 2.73 bits per heavy atom. The zero-order valence-electron chi connectivity index (χ0n) is 12.3. The van der Waals surface area contributed by atoms with E-state index in [1.807, 2.05) is 49.4 Å². The lowest BCUT2D eigenvalue weighted by Gasteiger charge is -2.13. The van der Waals surface area contributed by atoms with Crippen LogP contribution in [0, 0.1) is 0 Å². The standard InChI is InChI=1S/C17H17N3OS/c1-13(22-11-14-7-3-2-4-8-14)17(21)19-20-12-18-15-9-5-6-10-16(15)20/h2-10,12-13H,11H2,1H3,(H,19,21)/t13-/m0/s1. The Bertz CT molecular complexity index is 770. The minimum atomic E-state index is -0.138. The van der Waals surface area contributed by atoms with E-state index in [2.05, 4.69) is 22.5 Å². The molecule has 2 aromatic carbocycles. The molecule has 0 radical (unpaired) electrons. The highest BCUT2D eigenvalue weighted by Crippen LogP contribution is 2.18. The van der Waals surface area contributed by atoms with Gasteiger partial charge in [-0.1, -0.05) is 42.5 Å². The van der Waals surface area contributed by atoms with Crippen molar-refractivity contribution in [3.8, 4) is 0 Å². The monoisotopic (exact) mass is 311 g/mol. The minimum absolute atomic E-state index is 0.0240.